The number of hydrogen-bond acceptors (Lipinski definition) is 3. The molecule has 3 heteroatoms. The average Bonchev–Trinajstić information content (AvgIpc) is 2.61. The van der Waals surface area contributed by atoms with Crippen molar-refractivity contribution >= 4 is 0 Å². The summed E-state index contributed by atoms with van der Waals surface area (Å²) >= 11 is 0. The first kappa shape index (κ1) is 12.9. The Hall–Kier alpha value is -1.53. The summed E-state index contributed by atoms with van der Waals surface area (Å²) in [5.74, 6) is 0.833. The largest absolute Gasteiger partial charge is 0.497 e. The van der Waals surface area contributed by atoms with Gasteiger partial charge in [0.05, 0.1) is 18.6 Å². The van der Waals surface area contributed by atoms with Gasteiger partial charge in [0.15, 0.2) is 0 Å². The zero-order valence-electron chi connectivity index (χ0n) is 11.1. The van der Waals surface area contributed by atoms with Gasteiger partial charge in [0.2, 0.25) is 0 Å². The molecule has 0 amide bonds. The van der Waals surface area contributed by atoms with Gasteiger partial charge in [-0.25, -0.2) is 0 Å². The van der Waals surface area contributed by atoms with Crippen LogP contribution in [-0.2, 0) is 5.41 Å². The van der Waals surface area contributed by atoms with E-state index in [0.717, 1.165) is 43.7 Å². The lowest BCUT2D eigenvalue weighted by atomic mass is 9.76. The van der Waals surface area contributed by atoms with E-state index in [1.807, 2.05) is 18.2 Å². The Bertz CT molecular complexity index is 452. The molecule has 1 aromatic carbocycles. The first-order chi connectivity index (χ1) is 8.70. The monoisotopic (exact) mass is 244 g/mol. The van der Waals surface area contributed by atoms with Crippen LogP contribution in [-0.4, -0.2) is 32.1 Å². The van der Waals surface area contributed by atoms with E-state index in [4.69, 9.17) is 4.74 Å². The lowest BCUT2D eigenvalue weighted by Crippen LogP contribution is -2.26. The van der Waals surface area contributed by atoms with Crippen molar-refractivity contribution in [2.45, 2.75) is 24.7 Å². The third kappa shape index (κ3) is 2.49. The van der Waals surface area contributed by atoms with Crippen molar-refractivity contribution in [3.63, 3.8) is 0 Å². The summed E-state index contributed by atoms with van der Waals surface area (Å²) in [5, 5.41) is 9.66. The number of rotatable bonds is 2. The lowest BCUT2D eigenvalue weighted by Gasteiger charge is -2.25. The summed E-state index contributed by atoms with van der Waals surface area (Å²) in [5.41, 5.74) is 0.749. The normalized spacial score (nSPS) is 25.2. The van der Waals surface area contributed by atoms with Crippen LogP contribution in [0.15, 0.2) is 24.3 Å². The highest BCUT2D eigenvalue weighted by Gasteiger charge is 2.34. The highest BCUT2D eigenvalue weighted by molar-refractivity contribution is 5.38. The Labute approximate surface area is 109 Å². The van der Waals surface area contributed by atoms with Crippen molar-refractivity contribution in [1.82, 2.24) is 4.90 Å². The highest BCUT2D eigenvalue weighted by atomic mass is 16.5. The fourth-order valence-electron chi connectivity index (χ4n) is 2.66. The maximum atomic E-state index is 9.66. The van der Waals surface area contributed by atoms with Gasteiger partial charge in [-0.3, -0.25) is 0 Å². The van der Waals surface area contributed by atoms with Crippen molar-refractivity contribution < 1.29 is 4.74 Å². The van der Waals surface area contributed by atoms with E-state index >= 15 is 0 Å². The van der Waals surface area contributed by atoms with Gasteiger partial charge in [-0.1, -0.05) is 12.1 Å². The highest BCUT2D eigenvalue weighted by Crippen LogP contribution is 2.36. The van der Waals surface area contributed by atoms with Gasteiger partial charge in [-0.05, 0) is 57.1 Å². The van der Waals surface area contributed by atoms with Crippen LogP contribution in [0.1, 0.15) is 24.8 Å². The summed E-state index contributed by atoms with van der Waals surface area (Å²) in [4.78, 5) is 2.30. The smallest absolute Gasteiger partial charge is 0.119 e. The predicted molar refractivity (Wildman–Crippen MR) is 71.6 cm³/mol. The van der Waals surface area contributed by atoms with E-state index < -0.39 is 0 Å². The van der Waals surface area contributed by atoms with Crippen molar-refractivity contribution in [1.29, 1.82) is 5.26 Å². The summed E-state index contributed by atoms with van der Waals surface area (Å²) in [6, 6.07) is 10.5. The van der Waals surface area contributed by atoms with Crippen LogP contribution in [0.4, 0.5) is 0 Å². The van der Waals surface area contributed by atoms with Gasteiger partial charge >= 0.3 is 0 Å². The number of nitrogens with zero attached hydrogens (tertiary/aromatic N) is 2. The molecule has 18 heavy (non-hydrogen) atoms. The summed E-state index contributed by atoms with van der Waals surface area (Å²) in [7, 11) is 3.79. The minimum atomic E-state index is -0.348. The molecule has 1 atom stereocenters. The van der Waals surface area contributed by atoms with E-state index in [9.17, 15) is 5.26 Å². The molecule has 3 nitrogen and oxygen atoms in total. The quantitative estimate of drug-likeness (QED) is 0.802. The Balaban J connectivity index is 2.33. The fraction of sp³-hybridized carbons (Fsp3) is 0.533. The SMILES string of the molecule is COc1cccc(C2(C#N)CCCN(C)CC2)c1. The average molecular weight is 244 g/mol. The fourth-order valence-corrected chi connectivity index (χ4v) is 2.66. The summed E-state index contributed by atoms with van der Waals surface area (Å²) in [6.45, 7) is 2.05. The molecule has 1 heterocycles. The van der Waals surface area contributed by atoms with E-state index in [2.05, 4.69) is 24.1 Å². The third-order valence-corrected chi connectivity index (χ3v) is 3.90. The molecule has 0 N–H and O–H groups in total. The van der Waals surface area contributed by atoms with Crippen LogP contribution in [0.2, 0.25) is 0 Å². The van der Waals surface area contributed by atoms with E-state index in [-0.39, 0.29) is 5.41 Å². The first-order valence-corrected chi connectivity index (χ1v) is 6.44. The van der Waals surface area contributed by atoms with E-state index in [1.165, 1.54) is 0 Å². The second-order valence-corrected chi connectivity index (χ2v) is 5.08. The predicted octanol–water partition coefficient (Wildman–Crippen LogP) is 2.57. The Morgan fingerprint density at radius 1 is 1.33 bits per heavy atom. The molecule has 0 aliphatic carbocycles. The molecule has 1 aliphatic heterocycles. The maximum Gasteiger partial charge on any atom is 0.119 e. The number of benzene rings is 1. The maximum absolute atomic E-state index is 9.66. The molecule has 1 aliphatic rings. The molecule has 96 valence electrons. The molecule has 1 unspecified atom stereocenters. The summed E-state index contributed by atoms with van der Waals surface area (Å²) < 4.78 is 5.27. The van der Waals surface area contributed by atoms with Gasteiger partial charge < -0.3 is 9.64 Å². The first-order valence-electron chi connectivity index (χ1n) is 6.44. The molecule has 0 bridgehead atoms. The number of nitriles is 1. The standard InChI is InChI=1S/C15H20N2O/c1-17-9-4-7-15(12-16,8-10-17)13-5-3-6-14(11-13)18-2/h3,5-6,11H,4,7-10H2,1-2H3. The van der Waals surface area contributed by atoms with Crippen LogP contribution < -0.4 is 4.74 Å². The summed E-state index contributed by atoms with van der Waals surface area (Å²) in [6.07, 6.45) is 2.90. The molecule has 1 saturated heterocycles. The van der Waals surface area contributed by atoms with Crippen molar-refractivity contribution in [2.24, 2.45) is 0 Å². The zero-order valence-corrected chi connectivity index (χ0v) is 11.1. The van der Waals surface area contributed by atoms with Gasteiger partial charge in [0.1, 0.15) is 5.75 Å². The number of methoxy groups -OCH3 is 1. The second-order valence-electron chi connectivity index (χ2n) is 5.08. The Morgan fingerprint density at radius 3 is 2.89 bits per heavy atom. The van der Waals surface area contributed by atoms with Crippen LogP contribution in [0.5, 0.6) is 5.75 Å². The van der Waals surface area contributed by atoms with Crippen molar-refractivity contribution in [3.8, 4) is 11.8 Å². The zero-order chi connectivity index (χ0) is 13.0. The molecular weight excluding hydrogens is 224 g/mol. The van der Waals surface area contributed by atoms with Crippen molar-refractivity contribution in [2.75, 3.05) is 27.2 Å². The molecule has 1 fully saturated rings. The second kappa shape index (κ2) is 5.41. The minimum Gasteiger partial charge on any atom is -0.497 e. The van der Waals surface area contributed by atoms with Crippen LogP contribution in [0.3, 0.4) is 0 Å². The Morgan fingerprint density at radius 2 is 2.17 bits per heavy atom. The van der Waals surface area contributed by atoms with Gasteiger partial charge in [0, 0.05) is 0 Å². The van der Waals surface area contributed by atoms with E-state index in [1.54, 1.807) is 7.11 Å². The molecule has 0 spiro atoms. The van der Waals surface area contributed by atoms with Crippen LogP contribution >= 0.6 is 0 Å². The number of hydrogen-bond donors (Lipinski definition) is 0. The van der Waals surface area contributed by atoms with E-state index in [0.29, 0.717) is 0 Å². The molecule has 0 saturated carbocycles. The van der Waals surface area contributed by atoms with Gasteiger partial charge in [0.25, 0.3) is 0 Å². The molecule has 0 aromatic heterocycles. The number of likely N-dealkylation sites (tertiary alicyclic amines) is 1. The van der Waals surface area contributed by atoms with Gasteiger partial charge in [-0.15, -0.1) is 0 Å². The van der Waals surface area contributed by atoms with Crippen molar-refractivity contribution in [3.05, 3.63) is 29.8 Å². The molecule has 1 aromatic rings. The van der Waals surface area contributed by atoms with Crippen LogP contribution in [0, 0.1) is 11.3 Å². The molecule has 0 radical (unpaired) electrons. The van der Waals surface area contributed by atoms with Crippen LogP contribution in [0.25, 0.3) is 0 Å². The number of ether oxygens (including phenoxy) is 1. The molecular formula is C15H20N2O. The molecule has 2 rings (SSSR count). The Kier molecular flexibility index (Phi) is 3.88. The minimum absolute atomic E-state index is 0.348. The topological polar surface area (TPSA) is 36.3 Å². The lowest BCUT2D eigenvalue weighted by molar-refractivity contribution is 0.342. The third-order valence-electron chi connectivity index (χ3n) is 3.90. The van der Waals surface area contributed by atoms with Gasteiger partial charge in [-0.2, -0.15) is 5.26 Å².